The topological polar surface area (TPSA) is 0 Å². The van der Waals surface area contributed by atoms with Crippen LogP contribution in [0.15, 0.2) is 29.8 Å². The third-order valence-corrected chi connectivity index (χ3v) is 5.50. The van der Waals surface area contributed by atoms with Gasteiger partial charge in [-0.3, -0.25) is 0 Å². The second-order valence-electron chi connectivity index (χ2n) is 4.46. The van der Waals surface area contributed by atoms with Gasteiger partial charge in [-0.15, -0.1) is 23.5 Å². The maximum absolute atomic E-state index is 2.32. The van der Waals surface area contributed by atoms with Gasteiger partial charge in [-0.1, -0.05) is 51.5 Å². The summed E-state index contributed by atoms with van der Waals surface area (Å²) in [5.41, 5.74) is 4.72. The second-order valence-corrected chi connectivity index (χ2v) is 7.12. The van der Waals surface area contributed by atoms with E-state index >= 15 is 0 Å². The lowest BCUT2D eigenvalue weighted by Crippen LogP contribution is -1.95. The summed E-state index contributed by atoms with van der Waals surface area (Å²) >= 11 is 4.11. The lowest BCUT2D eigenvalue weighted by Gasteiger charge is -2.15. The molecule has 2 rings (SSSR count). The van der Waals surface area contributed by atoms with Gasteiger partial charge in [-0.05, 0) is 34.6 Å². The van der Waals surface area contributed by atoms with Gasteiger partial charge in [0.15, 0.2) is 0 Å². The molecule has 98 valence electrons. The first-order valence-electron chi connectivity index (χ1n) is 6.90. The minimum Gasteiger partial charge on any atom is -0.149 e. The zero-order chi connectivity index (χ0) is 13.0. The van der Waals surface area contributed by atoms with Crippen LogP contribution in [0.2, 0.25) is 0 Å². The molecule has 1 unspecified atom stereocenters. The number of rotatable bonds is 6. The fourth-order valence-corrected chi connectivity index (χ4v) is 4.86. The molecule has 0 saturated heterocycles. The fourth-order valence-electron chi connectivity index (χ4n) is 2.60. The van der Waals surface area contributed by atoms with Crippen LogP contribution in [0.5, 0.6) is 0 Å². The van der Waals surface area contributed by atoms with Crippen molar-refractivity contribution in [3.05, 3.63) is 41.0 Å². The van der Waals surface area contributed by atoms with Crippen LogP contribution in [0.1, 0.15) is 50.0 Å². The van der Waals surface area contributed by atoms with Crippen molar-refractivity contribution < 1.29 is 0 Å². The fraction of sp³-hybridized carbons (Fsp3) is 0.500. The summed E-state index contributed by atoms with van der Waals surface area (Å²) in [6.07, 6.45) is 2.49. The van der Waals surface area contributed by atoms with Gasteiger partial charge >= 0.3 is 0 Å². The average Bonchev–Trinajstić information content (AvgIpc) is 2.67. The molecule has 0 aliphatic heterocycles. The van der Waals surface area contributed by atoms with Crippen molar-refractivity contribution in [1.82, 2.24) is 0 Å². The van der Waals surface area contributed by atoms with Crippen LogP contribution < -0.4 is 0 Å². The summed E-state index contributed by atoms with van der Waals surface area (Å²) in [4.78, 5) is 1.57. The molecule has 2 heteroatoms. The Labute approximate surface area is 120 Å². The summed E-state index contributed by atoms with van der Waals surface area (Å²) in [6.45, 7) is 6.81. The standard InChI is InChI=1S/C16H22S2/c1-4-9-14-15(17-5-2)12-10-7-8-11-13(12)16(14)18-6-3/h7-8,10-11,15H,4-6,9H2,1-3H3. The number of hydrogen-bond donors (Lipinski definition) is 0. The van der Waals surface area contributed by atoms with Crippen LogP contribution in [0.4, 0.5) is 0 Å². The molecule has 0 heterocycles. The quantitative estimate of drug-likeness (QED) is 0.649. The van der Waals surface area contributed by atoms with Crippen molar-refractivity contribution in [3.63, 3.8) is 0 Å². The molecule has 0 amide bonds. The smallest absolute Gasteiger partial charge is 0.0526 e. The van der Waals surface area contributed by atoms with Crippen molar-refractivity contribution in [2.75, 3.05) is 11.5 Å². The minimum atomic E-state index is 0.611. The van der Waals surface area contributed by atoms with Crippen LogP contribution >= 0.6 is 23.5 Å². The summed E-state index contributed by atoms with van der Waals surface area (Å²) in [5.74, 6) is 2.36. The molecule has 0 nitrogen and oxygen atoms in total. The normalized spacial score (nSPS) is 18.3. The van der Waals surface area contributed by atoms with Gasteiger partial charge in [-0.2, -0.15) is 0 Å². The summed E-state index contributed by atoms with van der Waals surface area (Å²) in [6, 6.07) is 8.99. The third kappa shape index (κ3) is 2.65. The minimum absolute atomic E-state index is 0.611. The summed E-state index contributed by atoms with van der Waals surface area (Å²) in [5, 5.41) is 0.611. The van der Waals surface area contributed by atoms with Crippen LogP contribution in [0, 0.1) is 0 Å². The number of hydrogen-bond acceptors (Lipinski definition) is 2. The first-order chi connectivity index (χ1) is 8.83. The molecular weight excluding hydrogens is 256 g/mol. The Hall–Kier alpha value is -0.340. The predicted molar refractivity (Wildman–Crippen MR) is 87.3 cm³/mol. The zero-order valence-corrected chi connectivity index (χ0v) is 13.2. The van der Waals surface area contributed by atoms with Crippen molar-refractivity contribution in [3.8, 4) is 0 Å². The molecule has 0 N–H and O–H groups in total. The Bertz CT molecular complexity index is 434. The van der Waals surface area contributed by atoms with E-state index in [0.717, 1.165) is 0 Å². The number of thioether (sulfide) groups is 2. The van der Waals surface area contributed by atoms with Gasteiger partial charge in [0, 0.05) is 4.91 Å². The Kier molecular flexibility index (Phi) is 5.25. The zero-order valence-electron chi connectivity index (χ0n) is 11.5. The maximum atomic E-state index is 2.32. The van der Waals surface area contributed by atoms with Crippen LogP contribution in [0.3, 0.4) is 0 Å². The molecule has 1 aromatic rings. The lowest BCUT2D eigenvalue weighted by molar-refractivity contribution is 0.878. The van der Waals surface area contributed by atoms with E-state index in [4.69, 9.17) is 0 Å². The highest BCUT2D eigenvalue weighted by atomic mass is 32.2. The summed E-state index contributed by atoms with van der Waals surface area (Å²) in [7, 11) is 0. The van der Waals surface area contributed by atoms with Crippen LogP contribution in [0.25, 0.3) is 4.91 Å². The highest BCUT2D eigenvalue weighted by Gasteiger charge is 2.30. The first kappa shape index (κ1) is 14.1. The van der Waals surface area contributed by atoms with Crippen molar-refractivity contribution >= 4 is 28.4 Å². The molecule has 18 heavy (non-hydrogen) atoms. The first-order valence-corrected chi connectivity index (χ1v) is 8.93. The second kappa shape index (κ2) is 6.72. The lowest BCUT2D eigenvalue weighted by atomic mass is 10.1. The van der Waals surface area contributed by atoms with E-state index in [1.807, 2.05) is 11.8 Å². The molecule has 1 aromatic carbocycles. The largest absolute Gasteiger partial charge is 0.149 e. The molecule has 1 aliphatic carbocycles. The molecule has 0 radical (unpaired) electrons. The summed E-state index contributed by atoms with van der Waals surface area (Å²) < 4.78 is 0. The van der Waals surface area contributed by atoms with E-state index in [0.29, 0.717) is 5.25 Å². The maximum Gasteiger partial charge on any atom is 0.0526 e. The highest BCUT2D eigenvalue weighted by molar-refractivity contribution is 8.08. The van der Waals surface area contributed by atoms with Crippen LogP contribution in [-0.2, 0) is 0 Å². The predicted octanol–water partition coefficient (Wildman–Crippen LogP) is 5.76. The molecule has 0 saturated carbocycles. The van der Waals surface area contributed by atoms with Crippen molar-refractivity contribution in [2.45, 2.75) is 38.9 Å². The SMILES string of the molecule is CCCC1=C(SCC)c2ccccc2C1SCC. The van der Waals surface area contributed by atoms with Gasteiger partial charge in [0.1, 0.15) is 0 Å². The molecule has 0 fully saturated rings. The average molecular weight is 278 g/mol. The Morgan fingerprint density at radius 2 is 1.83 bits per heavy atom. The molecule has 1 atom stereocenters. The van der Waals surface area contributed by atoms with E-state index in [9.17, 15) is 0 Å². The van der Waals surface area contributed by atoms with E-state index < -0.39 is 0 Å². The van der Waals surface area contributed by atoms with E-state index in [2.05, 4.69) is 56.8 Å². The monoisotopic (exact) mass is 278 g/mol. The van der Waals surface area contributed by atoms with Gasteiger partial charge in [0.25, 0.3) is 0 Å². The van der Waals surface area contributed by atoms with Crippen LogP contribution in [-0.4, -0.2) is 11.5 Å². The third-order valence-electron chi connectivity index (χ3n) is 3.24. The Morgan fingerprint density at radius 3 is 2.50 bits per heavy atom. The van der Waals surface area contributed by atoms with E-state index in [-0.39, 0.29) is 0 Å². The molecule has 0 bridgehead atoms. The number of fused-ring (bicyclic) bond motifs is 1. The van der Waals surface area contributed by atoms with Gasteiger partial charge in [0.05, 0.1) is 5.25 Å². The van der Waals surface area contributed by atoms with Gasteiger partial charge < -0.3 is 0 Å². The molecule has 0 spiro atoms. The van der Waals surface area contributed by atoms with Gasteiger partial charge in [0.2, 0.25) is 0 Å². The van der Waals surface area contributed by atoms with Crippen molar-refractivity contribution in [1.29, 1.82) is 0 Å². The van der Waals surface area contributed by atoms with Gasteiger partial charge in [-0.25, -0.2) is 0 Å². The molecule has 0 aromatic heterocycles. The Balaban J connectivity index is 2.44. The molecule has 1 aliphatic rings. The highest BCUT2D eigenvalue weighted by Crippen LogP contribution is 2.52. The van der Waals surface area contributed by atoms with E-state index in [1.54, 1.807) is 16.0 Å². The number of benzene rings is 1. The Morgan fingerprint density at radius 1 is 1.06 bits per heavy atom. The molecular formula is C16H22S2. The van der Waals surface area contributed by atoms with E-state index in [1.165, 1.54) is 29.9 Å². The van der Waals surface area contributed by atoms with Crippen molar-refractivity contribution in [2.24, 2.45) is 0 Å².